The van der Waals surface area contributed by atoms with E-state index in [0.717, 1.165) is 53.6 Å². The lowest BCUT2D eigenvalue weighted by molar-refractivity contribution is 0.297. The van der Waals surface area contributed by atoms with E-state index in [-0.39, 0.29) is 5.38 Å². The molecule has 0 saturated heterocycles. The molecule has 1 aromatic carbocycles. The van der Waals surface area contributed by atoms with Crippen molar-refractivity contribution >= 4 is 27.5 Å². The van der Waals surface area contributed by atoms with E-state index < -0.39 is 0 Å². The van der Waals surface area contributed by atoms with Gasteiger partial charge in [0.15, 0.2) is 11.5 Å². The summed E-state index contributed by atoms with van der Waals surface area (Å²) in [6.45, 7) is 5.84. The SMILES string of the molecule is CCCC(CCC)C(Cl)c1cc2c(cc1Br)OCCCO2. The molecule has 0 fully saturated rings. The Hall–Kier alpha value is -0.410. The van der Waals surface area contributed by atoms with Gasteiger partial charge in [0, 0.05) is 10.9 Å². The lowest BCUT2D eigenvalue weighted by atomic mass is 9.90. The maximum absolute atomic E-state index is 6.79. The van der Waals surface area contributed by atoms with Crippen molar-refractivity contribution in [2.24, 2.45) is 5.92 Å². The molecule has 21 heavy (non-hydrogen) atoms. The summed E-state index contributed by atoms with van der Waals surface area (Å²) in [5, 5.41) is 0.0106. The molecule has 0 N–H and O–H groups in total. The van der Waals surface area contributed by atoms with E-state index in [4.69, 9.17) is 21.1 Å². The zero-order chi connectivity index (χ0) is 15.2. The van der Waals surface area contributed by atoms with Crippen LogP contribution in [-0.2, 0) is 0 Å². The van der Waals surface area contributed by atoms with E-state index >= 15 is 0 Å². The summed E-state index contributed by atoms with van der Waals surface area (Å²) in [4.78, 5) is 0. The standard InChI is InChI=1S/C17H24BrClO2/c1-3-6-12(7-4-2)17(19)13-10-15-16(11-14(13)18)21-9-5-8-20-15/h10-12,17H,3-9H2,1-2H3. The van der Waals surface area contributed by atoms with E-state index in [1.54, 1.807) is 0 Å². The van der Waals surface area contributed by atoms with Crippen LogP contribution in [-0.4, -0.2) is 13.2 Å². The normalized spacial score (nSPS) is 15.9. The monoisotopic (exact) mass is 374 g/mol. The molecule has 1 aliphatic rings. The van der Waals surface area contributed by atoms with Crippen LogP contribution in [0.25, 0.3) is 0 Å². The van der Waals surface area contributed by atoms with Crippen molar-refractivity contribution in [3.63, 3.8) is 0 Å². The first-order valence-corrected chi connectivity index (χ1v) is 9.13. The fourth-order valence-corrected chi connectivity index (χ4v) is 3.98. The highest BCUT2D eigenvalue weighted by Gasteiger charge is 2.24. The topological polar surface area (TPSA) is 18.5 Å². The molecule has 1 heterocycles. The van der Waals surface area contributed by atoms with Gasteiger partial charge in [-0.1, -0.05) is 42.6 Å². The smallest absolute Gasteiger partial charge is 0.162 e. The lowest BCUT2D eigenvalue weighted by Gasteiger charge is -2.23. The molecule has 0 aromatic heterocycles. The first-order valence-electron chi connectivity index (χ1n) is 7.90. The highest BCUT2D eigenvalue weighted by Crippen LogP contribution is 2.43. The van der Waals surface area contributed by atoms with Crippen molar-refractivity contribution in [3.8, 4) is 11.5 Å². The van der Waals surface area contributed by atoms with Crippen molar-refractivity contribution in [1.29, 1.82) is 0 Å². The summed E-state index contributed by atoms with van der Waals surface area (Å²) >= 11 is 10.4. The summed E-state index contributed by atoms with van der Waals surface area (Å²) in [6, 6.07) is 4.06. The summed E-state index contributed by atoms with van der Waals surface area (Å²) < 4.78 is 12.5. The minimum atomic E-state index is 0.0106. The number of fused-ring (bicyclic) bond motifs is 1. The second kappa shape index (κ2) is 8.28. The van der Waals surface area contributed by atoms with Crippen molar-refractivity contribution in [2.75, 3.05) is 13.2 Å². The average Bonchev–Trinajstić information content (AvgIpc) is 2.70. The molecule has 0 aliphatic carbocycles. The number of alkyl halides is 1. The van der Waals surface area contributed by atoms with Crippen molar-refractivity contribution in [1.82, 2.24) is 0 Å². The van der Waals surface area contributed by atoms with Crippen LogP contribution in [0.3, 0.4) is 0 Å². The number of halogens is 2. The Morgan fingerprint density at radius 2 is 1.67 bits per heavy atom. The number of benzene rings is 1. The summed E-state index contributed by atoms with van der Waals surface area (Å²) in [7, 11) is 0. The number of hydrogen-bond donors (Lipinski definition) is 0. The van der Waals surface area contributed by atoms with Crippen LogP contribution in [0, 0.1) is 5.92 Å². The van der Waals surface area contributed by atoms with Crippen molar-refractivity contribution < 1.29 is 9.47 Å². The Balaban J connectivity index is 2.27. The number of hydrogen-bond acceptors (Lipinski definition) is 2. The van der Waals surface area contributed by atoms with Crippen LogP contribution >= 0.6 is 27.5 Å². The number of ether oxygens (including phenoxy) is 2. The molecule has 1 atom stereocenters. The lowest BCUT2D eigenvalue weighted by Crippen LogP contribution is -2.09. The molecule has 0 radical (unpaired) electrons. The second-order valence-corrected chi connectivity index (χ2v) is 6.93. The van der Waals surface area contributed by atoms with E-state index in [0.29, 0.717) is 19.1 Å². The van der Waals surface area contributed by atoms with E-state index in [1.165, 1.54) is 0 Å². The maximum atomic E-state index is 6.79. The fraction of sp³-hybridized carbons (Fsp3) is 0.647. The van der Waals surface area contributed by atoms with Gasteiger partial charge < -0.3 is 9.47 Å². The van der Waals surface area contributed by atoms with Gasteiger partial charge in [-0.25, -0.2) is 0 Å². The van der Waals surface area contributed by atoms with Crippen LogP contribution in [0.2, 0.25) is 0 Å². The molecule has 0 bridgehead atoms. The van der Waals surface area contributed by atoms with Crippen LogP contribution in [0.1, 0.15) is 56.9 Å². The summed E-state index contributed by atoms with van der Waals surface area (Å²) in [5.41, 5.74) is 1.12. The van der Waals surface area contributed by atoms with Gasteiger partial charge in [0.1, 0.15) is 0 Å². The molecule has 0 spiro atoms. The van der Waals surface area contributed by atoms with Gasteiger partial charge in [-0.3, -0.25) is 0 Å². The highest BCUT2D eigenvalue weighted by molar-refractivity contribution is 9.10. The molecule has 2 rings (SSSR count). The predicted octanol–water partition coefficient (Wildman–Crippen LogP) is 6.11. The Labute approximate surface area is 141 Å². The summed E-state index contributed by atoms with van der Waals surface area (Å²) in [6.07, 6.45) is 5.55. The second-order valence-electron chi connectivity index (χ2n) is 5.61. The van der Waals surface area contributed by atoms with Gasteiger partial charge in [-0.05, 0) is 36.5 Å². The minimum absolute atomic E-state index is 0.0106. The average molecular weight is 376 g/mol. The Bertz CT molecular complexity index is 458. The van der Waals surface area contributed by atoms with Crippen molar-refractivity contribution in [3.05, 3.63) is 22.2 Å². The van der Waals surface area contributed by atoms with Crippen molar-refractivity contribution in [2.45, 2.75) is 51.3 Å². The molecule has 1 unspecified atom stereocenters. The predicted molar refractivity (Wildman–Crippen MR) is 91.6 cm³/mol. The van der Waals surface area contributed by atoms with Gasteiger partial charge in [-0.15, -0.1) is 11.6 Å². The molecular weight excluding hydrogens is 352 g/mol. The van der Waals surface area contributed by atoms with Gasteiger partial charge in [0.05, 0.1) is 18.6 Å². The largest absolute Gasteiger partial charge is 0.490 e. The minimum Gasteiger partial charge on any atom is -0.490 e. The zero-order valence-electron chi connectivity index (χ0n) is 12.8. The zero-order valence-corrected chi connectivity index (χ0v) is 15.2. The van der Waals surface area contributed by atoms with Gasteiger partial charge in [0.2, 0.25) is 0 Å². The fourth-order valence-electron chi connectivity index (χ4n) is 2.84. The van der Waals surface area contributed by atoms with E-state index in [9.17, 15) is 0 Å². The first kappa shape index (κ1) is 17.0. The Morgan fingerprint density at radius 3 is 2.24 bits per heavy atom. The van der Waals surface area contributed by atoms with Gasteiger partial charge >= 0.3 is 0 Å². The van der Waals surface area contributed by atoms with E-state index in [2.05, 4.69) is 35.8 Å². The molecule has 118 valence electrons. The Morgan fingerprint density at radius 1 is 1.10 bits per heavy atom. The van der Waals surface area contributed by atoms with Gasteiger partial charge in [-0.2, -0.15) is 0 Å². The molecule has 1 aromatic rings. The third kappa shape index (κ3) is 4.29. The number of rotatable bonds is 6. The molecule has 2 nitrogen and oxygen atoms in total. The quantitative estimate of drug-likeness (QED) is 0.559. The van der Waals surface area contributed by atoms with E-state index in [1.807, 2.05) is 6.07 Å². The van der Waals surface area contributed by atoms with Crippen LogP contribution in [0.4, 0.5) is 0 Å². The molecule has 1 aliphatic heterocycles. The first-order chi connectivity index (χ1) is 10.2. The summed E-state index contributed by atoms with van der Waals surface area (Å²) in [5.74, 6) is 2.14. The maximum Gasteiger partial charge on any atom is 0.162 e. The van der Waals surface area contributed by atoms with Crippen LogP contribution in [0.15, 0.2) is 16.6 Å². The third-order valence-corrected chi connectivity index (χ3v) is 5.17. The molecule has 0 saturated carbocycles. The molecule has 4 heteroatoms. The Kier molecular flexibility index (Phi) is 6.69. The third-order valence-electron chi connectivity index (χ3n) is 3.90. The van der Waals surface area contributed by atoms with Crippen LogP contribution < -0.4 is 9.47 Å². The van der Waals surface area contributed by atoms with Gasteiger partial charge in [0.25, 0.3) is 0 Å². The highest BCUT2D eigenvalue weighted by atomic mass is 79.9. The molecule has 0 amide bonds. The van der Waals surface area contributed by atoms with Crippen LogP contribution in [0.5, 0.6) is 11.5 Å². The molecular formula is C17H24BrClO2.